The lowest BCUT2D eigenvalue weighted by Crippen LogP contribution is -2.57. The number of hydrogen-bond acceptors (Lipinski definition) is 6. The van der Waals surface area contributed by atoms with Gasteiger partial charge in [0.25, 0.3) is 0 Å². The first-order valence-corrected chi connectivity index (χ1v) is 11.9. The lowest BCUT2D eigenvalue weighted by atomic mass is 10.0. The fourth-order valence-corrected chi connectivity index (χ4v) is 3.53. The largest absolute Gasteiger partial charge is 0.480 e. The van der Waals surface area contributed by atoms with Crippen molar-refractivity contribution in [3.8, 4) is 0 Å². The number of hydrogen-bond donors (Lipinski definition) is 5. The van der Waals surface area contributed by atoms with Gasteiger partial charge < -0.3 is 26.8 Å². The summed E-state index contributed by atoms with van der Waals surface area (Å²) in [6.07, 6.45) is 2.68. The maximum Gasteiger partial charge on any atom is 0.326 e. The smallest absolute Gasteiger partial charge is 0.326 e. The monoisotopic (exact) mass is 466 g/mol. The average molecular weight is 467 g/mol. The summed E-state index contributed by atoms with van der Waals surface area (Å²) in [5, 5.41) is 17.2. The van der Waals surface area contributed by atoms with Gasteiger partial charge in [-0.3, -0.25) is 14.4 Å². The number of nitrogens with one attached hydrogen (secondary N) is 3. The standard InChI is InChI=1S/C22H34N4O5S/c1-14(2)11-18(22(30)31)26-20(28)16(9-10-32-3)25-21(29)17(24-19(27)13-23)12-15-7-5-4-6-8-15/h4-8,14,16-18H,9-13,23H2,1-3H3,(H,24,27)(H,25,29)(H,26,28)(H,30,31). The molecule has 0 spiro atoms. The van der Waals surface area contributed by atoms with Gasteiger partial charge in [-0.05, 0) is 36.3 Å². The van der Waals surface area contributed by atoms with Gasteiger partial charge in [0.15, 0.2) is 0 Å². The minimum atomic E-state index is -1.13. The van der Waals surface area contributed by atoms with Crippen LogP contribution in [0.3, 0.4) is 0 Å². The lowest BCUT2D eigenvalue weighted by Gasteiger charge is -2.25. The fourth-order valence-electron chi connectivity index (χ4n) is 3.05. The van der Waals surface area contributed by atoms with Gasteiger partial charge in [0.05, 0.1) is 6.54 Å². The second-order valence-corrected chi connectivity index (χ2v) is 8.87. The minimum absolute atomic E-state index is 0.0670. The number of carbonyl (C=O) groups is 4. The Hall–Kier alpha value is -2.59. The summed E-state index contributed by atoms with van der Waals surface area (Å²) in [5.41, 5.74) is 6.22. The number of thioether (sulfide) groups is 1. The van der Waals surface area contributed by atoms with Crippen LogP contribution in [0.25, 0.3) is 0 Å². The van der Waals surface area contributed by atoms with Gasteiger partial charge in [-0.25, -0.2) is 4.79 Å². The molecule has 1 rings (SSSR count). The van der Waals surface area contributed by atoms with Crippen LogP contribution in [-0.2, 0) is 25.6 Å². The molecule has 32 heavy (non-hydrogen) atoms. The number of carbonyl (C=O) groups excluding carboxylic acids is 3. The van der Waals surface area contributed by atoms with E-state index in [0.29, 0.717) is 12.2 Å². The zero-order chi connectivity index (χ0) is 24.1. The van der Waals surface area contributed by atoms with Crippen LogP contribution in [0.15, 0.2) is 30.3 Å². The summed E-state index contributed by atoms with van der Waals surface area (Å²) in [4.78, 5) is 49.2. The molecule has 9 nitrogen and oxygen atoms in total. The van der Waals surface area contributed by atoms with Gasteiger partial charge in [0.1, 0.15) is 18.1 Å². The number of carboxylic acids is 1. The van der Waals surface area contributed by atoms with E-state index in [1.807, 2.05) is 50.4 Å². The van der Waals surface area contributed by atoms with E-state index >= 15 is 0 Å². The van der Waals surface area contributed by atoms with Crippen molar-refractivity contribution in [2.24, 2.45) is 11.7 Å². The highest BCUT2D eigenvalue weighted by atomic mass is 32.2. The Morgan fingerprint density at radius 1 is 0.969 bits per heavy atom. The van der Waals surface area contributed by atoms with Crippen LogP contribution in [-0.4, -0.2) is 65.5 Å². The van der Waals surface area contributed by atoms with Crippen LogP contribution in [0.2, 0.25) is 0 Å². The number of amides is 3. The molecule has 6 N–H and O–H groups in total. The number of aliphatic carboxylic acids is 1. The van der Waals surface area contributed by atoms with Gasteiger partial charge in [0.2, 0.25) is 17.7 Å². The quantitative estimate of drug-likeness (QED) is 0.268. The average Bonchev–Trinajstić information content (AvgIpc) is 2.75. The molecule has 0 fully saturated rings. The number of nitrogens with two attached hydrogens (primary N) is 1. The third kappa shape index (κ3) is 10.1. The highest BCUT2D eigenvalue weighted by Crippen LogP contribution is 2.09. The molecule has 0 aliphatic rings. The summed E-state index contributed by atoms with van der Waals surface area (Å²) in [6, 6.07) is 6.24. The molecule has 0 heterocycles. The molecule has 3 amide bonds. The first-order chi connectivity index (χ1) is 15.2. The molecule has 0 aliphatic carbocycles. The summed E-state index contributed by atoms with van der Waals surface area (Å²) in [7, 11) is 0. The van der Waals surface area contributed by atoms with Crippen LogP contribution >= 0.6 is 11.8 Å². The molecule has 0 aliphatic heterocycles. The molecule has 0 radical (unpaired) electrons. The summed E-state index contributed by atoms with van der Waals surface area (Å²) < 4.78 is 0. The van der Waals surface area contributed by atoms with Crippen LogP contribution in [0.5, 0.6) is 0 Å². The minimum Gasteiger partial charge on any atom is -0.480 e. The second-order valence-electron chi connectivity index (χ2n) is 7.89. The normalized spacial score (nSPS) is 13.7. The molecular weight excluding hydrogens is 432 g/mol. The topological polar surface area (TPSA) is 151 Å². The van der Waals surface area contributed by atoms with Crippen molar-refractivity contribution in [2.45, 2.75) is 51.2 Å². The molecule has 0 saturated carbocycles. The summed E-state index contributed by atoms with van der Waals surface area (Å²) in [5.74, 6) is -2.07. The van der Waals surface area contributed by atoms with Crippen molar-refractivity contribution in [1.82, 2.24) is 16.0 Å². The van der Waals surface area contributed by atoms with Crippen LogP contribution in [0.4, 0.5) is 0 Å². The van der Waals surface area contributed by atoms with Crippen molar-refractivity contribution < 1.29 is 24.3 Å². The third-order valence-corrected chi connectivity index (χ3v) is 5.33. The molecule has 0 bridgehead atoms. The van der Waals surface area contributed by atoms with Gasteiger partial charge >= 0.3 is 5.97 Å². The highest BCUT2D eigenvalue weighted by Gasteiger charge is 2.29. The molecule has 1 aromatic rings. The number of benzene rings is 1. The fraction of sp³-hybridized carbons (Fsp3) is 0.545. The van der Waals surface area contributed by atoms with Gasteiger partial charge in [-0.2, -0.15) is 11.8 Å². The molecule has 0 aromatic heterocycles. The SMILES string of the molecule is CSCCC(NC(=O)C(Cc1ccccc1)NC(=O)CN)C(=O)NC(CC(C)C)C(=O)O. The van der Waals surface area contributed by atoms with E-state index in [0.717, 1.165) is 5.56 Å². The highest BCUT2D eigenvalue weighted by molar-refractivity contribution is 7.98. The van der Waals surface area contributed by atoms with E-state index in [4.69, 9.17) is 5.73 Å². The van der Waals surface area contributed by atoms with Gasteiger partial charge in [-0.1, -0.05) is 44.2 Å². The van der Waals surface area contributed by atoms with Crippen molar-refractivity contribution in [3.05, 3.63) is 35.9 Å². The maximum atomic E-state index is 13.0. The Balaban J connectivity index is 2.98. The zero-order valence-electron chi connectivity index (χ0n) is 18.8. The van der Waals surface area contributed by atoms with Crippen LogP contribution in [0, 0.1) is 5.92 Å². The number of rotatable bonds is 14. The van der Waals surface area contributed by atoms with Crippen molar-refractivity contribution in [1.29, 1.82) is 0 Å². The predicted molar refractivity (Wildman–Crippen MR) is 125 cm³/mol. The maximum absolute atomic E-state index is 13.0. The number of carboxylic acid groups (broad SMARTS) is 1. The molecule has 10 heteroatoms. The summed E-state index contributed by atoms with van der Waals surface area (Å²) in [6.45, 7) is 3.46. The van der Waals surface area contributed by atoms with E-state index in [1.54, 1.807) is 0 Å². The zero-order valence-corrected chi connectivity index (χ0v) is 19.6. The Labute approximate surface area is 193 Å². The molecule has 3 unspecified atom stereocenters. The van der Waals surface area contributed by atoms with Gasteiger partial charge in [0, 0.05) is 6.42 Å². The van der Waals surface area contributed by atoms with Crippen molar-refractivity contribution in [3.63, 3.8) is 0 Å². The van der Waals surface area contributed by atoms with E-state index in [1.165, 1.54) is 11.8 Å². The Morgan fingerprint density at radius 2 is 1.56 bits per heavy atom. The first-order valence-electron chi connectivity index (χ1n) is 10.5. The van der Waals surface area contributed by atoms with Crippen LogP contribution in [0.1, 0.15) is 32.3 Å². The molecule has 0 saturated heterocycles. The molecule has 3 atom stereocenters. The summed E-state index contributed by atoms with van der Waals surface area (Å²) >= 11 is 1.50. The molecular formula is C22H34N4O5S. The Kier molecular flexibility index (Phi) is 12.4. The van der Waals surface area contributed by atoms with E-state index in [-0.39, 0.29) is 25.3 Å². The second kappa shape index (κ2) is 14.5. The van der Waals surface area contributed by atoms with E-state index < -0.39 is 41.8 Å². The van der Waals surface area contributed by atoms with Gasteiger partial charge in [-0.15, -0.1) is 0 Å². The van der Waals surface area contributed by atoms with E-state index in [2.05, 4.69) is 16.0 Å². The predicted octanol–water partition coefficient (Wildman–Crippen LogP) is 0.526. The lowest BCUT2D eigenvalue weighted by molar-refractivity contribution is -0.142. The van der Waals surface area contributed by atoms with E-state index in [9.17, 15) is 24.3 Å². The van der Waals surface area contributed by atoms with Crippen LogP contribution < -0.4 is 21.7 Å². The molecule has 1 aromatic carbocycles. The van der Waals surface area contributed by atoms with Crippen molar-refractivity contribution >= 4 is 35.5 Å². The molecule has 178 valence electrons. The Morgan fingerprint density at radius 3 is 2.09 bits per heavy atom. The Bertz CT molecular complexity index is 760. The third-order valence-electron chi connectivity index (χ3n) is 4.69. The van der Waals surface area contributed by atoms with Crippen molar-refractivity contribution in [2.75, 3.05) is 18.6 Å². The first kappa shape index (κ1) is 27.4.